The van der Waals surface area contributed by atoms with Crippen LogP contribution in [0.25, 0.3) is 0 Å². The number of carboxylic acids is 1. The molecule has 510 valence electrons. The molecule has 0 saturated carbocycles. The number of nitrogens with zero attached hydrogens (tertiary/aromatic N) is 6. The summed E-state index contributed by atoms with van der Waals surface area (Å²) < 4.78 is 44.2. The van der Waals surface area contributed by atoms with Gasteiger partial charge < -0.3 is 79.4 Å². The van der Waals surface area contributed by atoms with Crippen molar-refractivity contribution >= 4 is 82.8 Å². The summed E-state index contributed by atoms with van der Waals surface area (Å²) in [5.74, 6) is -3.07. The van der Waals surface area contributed by atoms with Gasteiger partial charge in [-0.1, -0.05) is 22.6 Å². The van der Waals surface area contributed by atoms with Gasteiger partial charge in [0.1, 0.15) is 69.3 Å². The van der Waals surface area contributed by atoms with Crippen molar-refractivity contribution in [1.29, 1.82) is 5.53 Å². The molecule has 12 atom stereocenters. The van der Waals surface area contributed by atoms with Gasteiger partial charge in [-0.2, -0.15) is 0 Å². The Balaban J connectivity index is 0.000000542. The highest BCUT2D eigenvalue weighted by Crippen LogP contribution is 2.28. The molecule has 33 nitrogen and oxygen atoms in total. The van der Waals surface area contributed by atoms with Gasteiger partial charge in [0, 0.05) is 61.8 Å². The van der Waals surface area contributed by atoms with Crippen molar-refractivity contribution in [2.45, 2.75) is 215 Å². The fourth-order valence-corrected chi connectivity index (χ4v) is 9.82. The number of nitrogens with two attached hydrogens (primary N) is 1. The number of hydrogen-bond acceptors (Lipinski definition) is 27. The summed E-state index contributed by atoms with van der Waals surface area (Å²) in [6.07, 6.45) is -1.48. The summed E-state index contributed by atoms with van der Waals surface area (Å²) in [5, 5.41) is 44.8. The lowest BCUT2D eigenvalue weighted by Crippen LogP contribution is -2.44. The zero-order chi connectivity index (χ0) is 68.7. The number of rotatable bonds is 7. The molecule has 0 aromatic carbocycles. The van der Waals surface area contributed by atoms with Gasteiger partial charge in [0.2, 0.25) is 4.91 Å². The number of carbonyl (C=O) groups is 10. The first-order valence-electron chi connectivity index (χ1n) is 28.5. The molecule has 4 amide bonds. The smallest absolute Gasteiger partial charge is 0.411 e. The van der Waals surface area contributed by atoms with Crippen LogP contribution in [0.15, 0.2) is 5.11 Å². The Kier molecular flexibility index (Phi) is 33.1. The molecule has 89 heavy (non-hydrogen) atoms. The van der Waals surface area contributed by atoms with Crippen LogP contribution in [-0.4, -0.2) is 268 Å². The Bertz CT molecular complexity index is 2280. The van der Waals surface area contributed by atoms with Crippen LogP contribution in [0.2, 0.25) is 0 Å². The number of esters is 5. The lowest BCUT2D eigenvalue weighted by atomic mass is 10.2. The van der Waals surface area contributed by atoms with E-state index >= 15 is 0 Å². The van der Waals surface area contributed by atoms with E-state index in [1.54, 1.807) is 83.1 Å². The highest BCUT2D eigenvalue weighted by Gasteiger charge is 2.46. The summed E-state index contributed by atoms with van der Waals surface area (Å²) >= 11 is 2.23. The van der Waals surface area contributed by atoms with Gasteiger partial charge in [0.05, 0.1) is 67.0 Å². The quantitative estimate of drug-likeness (QED) is 0.0449. The van der Waals surface area contributed by atoms with Crippen molar-refractivity contribution in [3.05, 3.63) is 0 Å². The number of amides is 4. The largest absolute Gasteiger partial charge is 0.480 e. The number of aliphatic carboxylic acids is 1. The Labute approximate surface area is 532 Å². The third kappa shape index (κ3) is 29.5. The SMILES string of the molecule is COC(=O)[C@@H]1C[C@@H](N)CN1C(=O)OC(C)(C)C.COC(=O)[C@@H]1C[C@@H](N=[N+]=N)CN1C(=O)OC(C)(C)C.COC(=O)[C@@H]1C[C@@H](O)CN1.COC(=O)[C@@H]1C[C@@H](O)CN1C(=O)OC(C)(C)C.COC(=O)[C@@H]1C[C@H](I)CN1C(=O)OC(C)(C)C.O=C(O)[C@@H]1C[C@@H](O)CN1. The van der Waals surface area contributed by atoms with Crippen LogP contribution in [-0.2, 0) is 71.4 Å². The maximum Gasteiger partial charge on any atom is 0.411 e. The van der Waals surface area contributed by atoms with Crippen molar-refractivity contribution in [2.24, 2.45) is 10.8 Å². The van der Waals surface area contributed by atoms with E-state index in [9.17, 15) is 53.1 Å². The van der Waals surface area contributed by atoms with Crippen LogP contribution >= 0.6 is 22.6 Å². The Morgan fingerprint density at radius 2 is 0.798 bits per heavy atom. The molecule has 0 aromatic heterocycles. The number of alkyl halides is 1. The molecule has 6 fully saturated rings. The number of methoxy groups -OCH3 is 5. The summed E-state index contributed by atoms with van der Waals surface area (Å²) in [5.41, 5.74) is 10.0. The number of aliphatic hydroxyl groups is 3. The van der Waals surface area contributed by atoms with E-state index < -0.39 is 119 Å². The first kappa shape index (κ1) is 80.7. The van der Waals surface area contributed by atoms with E-state index in [0.29, 0.717) is 51.9 Å². The predicted octanol–water partition coefficient (Wildman–Crippen LogP) is 1.76. The molecular formula is C55H96IN10O23+. The molecule has 6 saturated heterocycles. The first-order chi connectivity index (χ1) is 40.9. The highest BCUT2D eigenvalue weighted by molar-refractivity contribution is 14.1. The third-order valence-corrected chi connectivity index (χ3v) is 13.7. The topological polar surface area (TPSA) is 448 Å². The van der Waals surface area contributed by atoms with E-state index in [-0.39, 0.29) is 59.9 Å². The monoisotopic (exact) mass is 1390 g/mol. The normalized spacial score (nSPS) is 26.1. The first-order valence-corrected chi connectivity index (χ1v) is 29.8. The minimum Gasteiger partial charge on any atom is -0.480 e. The maximum absolute atomic E-state index is 12.0. The fourth-order valence-electron chi connectivity index (χ4n) is 8.92. The summed E-state index contributed by atoms with van der Waals surface area (Å²) in [6.45, 7) is 23.2. The predicted molar refractivity (Wildman–Crippen MR) is 321 cm³/mol. The number of hydrogen-bond donors (Lipinski definition) is 8. The summed E-state index contributed by atoms with van der Waals surface area (Å²) in [6, 6.07) is -4.09. The van der Waals surface area contributed by atoms with E-state index in [1.165, 1.54) is 55.1 Å². The molecule has 6 rings (SSSR count). The van der Waals surface area contributed by atoms with Crippen LogP contribution in [0.5, 0.6) is 0 Å². The standard InChI is InChI=1S/C11H18INO4.C11H19N4O4.C11H20N2O4.C11H19NO5.C6H11NO3.C5H9NO3/c1-11(2,3)17-10(15)13-6-7(12)5-8(13)9(14)16-4;1-11(2,3)19-10(17)15-6-7(13-14-12)5-8(15)9(16)18-4;1-11(2,3)17-10(15)13-6-7(12)5-8(13)9(14)16-4;1-11(2,3)17-10(15)12-6-7(13)5-8(12)9(14)16-4;1-10-6(9)5-2-4(8)3-7-5;7-3-1-4(5(8)9)6-2-3/h7-8H,5-6H2,1-4H3;7-8,12H,5-6H2,1-4H3;7-8H,5-6,12H2,1-4H3;7-8,13H,5-6H2,1-4H3;4-5,7-8H,2-3H2,1H3;3-4,6-7H,1-2H2,(H,8,9)/q;+1;;;;/t7-,8-;3*7-,8+;4-,5+;3-,4+/m011111/s1. The van der Waals surface area contributed by atoms with Crippen LogP contribution < -0.4 is 21.3 Å². The third-order valence-electron chi connectivity index (χ3n) is 12.8. The van der Waals surface area contributed by atoms with Crippen molar-refractivity contribution in [1.82, 2.24) is 35.1 Å². The maximum atomic E-state index is 12.0. The number of halogens is 1. The summed E-state index contributed by atoms with van der Waals surface area (Å²) in [4.78, 5) is 123. The molecule has 0 unspecified atom stereocenters. The minimum atomic E-state index is -0.883. The molecule has 9 N–H and O–H groups in total. The van der Waals surface area contributed by atoms with Crippen LogP contribution in [0, 0.1) is 5.53 Å². The van der Waals surface area contributed by atoms with Crippen LogP contribution in [0.1, 0.15) is 122 Å². The second-order valence-corrected chi connectivity index (χ2v) is 26.8. The number of aliphatic hydroxyl groups excluding tert-OH is 3. The Hall–Kier alpha value is -6.30. The number of β-amino-alcohol motifs (C(OH)–C–C–N with tert-alkyl or cyclic N) is 3. The van der Waals surface area contributed by atoms with E-state index in [4.69, 9.17) is 50.3 Å². The number of ether oxygens (including phenoxy) is 9. The summed E-state index contributed by atoms with van der Waals surface area (Å²) in [7, 11) is 6.47. The highest BCUT2D eigenvalue weighted by atomic mass is 127. The zero-order valence-electron chi connectivity index (χ0n) is 54.1. The molecule has 6 aliphatic heterocycles. The van der Waals surface area contributed by atoms with E-state index in [0.717, 1.165) is 0 Å². The van der Waals surface area contributed by atoms with Gasteiger partial charge >= 0.3 is 60.2 Å². The zero-order valence-corrected chi connectivity index (χ0v) is 56.3. The van der Waals surface area contributed by atoms with Gasteiger partial charge in [-0.25, -0.2) is 38.4 Å². The van der Waals surface area contributed by atoms with E-state index in [2.05, 4.69) is 62.2 Å². The average Bonchev–Trinajstić information content (AvgIpc) is 2.28. The number of carbonyl (C=O) groups excluding carboxylic acids is 9. The molecule has 6 aliphatic rings. The molecule has 6 heterocycles. The van der Waals surface area contributed by atoms with Crippen molar-refractivity contribution < 1.29 is 111 Å². The molecule has 0 radical (unpaired) electrons. The van der Waals surface area contributed by atoms with Gasteiger partial charge in [0.25, 0.3) is 0 Å². The second-order valence-electron chi connectivity index (χ2n) is 25.1. The lowest BCUT2D eigenvalue weighted by Gasteiger charge is -2.27. The number of likely N-dealkylation sites (tertiary alicyclic amines) is 4. The van der Waals surface area contributed by atoms with Gasteiger partial charge in [0.15, 0.2) is 6.04 Å². The molecule has 34 heteroatoms. The molecule has 0 spiro atoms. The minimum absolute atomic E-state index is 0.0919. The van der Waals surface area contributed by atoms with Gasteiger partial charge in [-0.15, -0.1) is 0 Å². The van der Waals surface area contributed by atoms with Crippen LogP contribution in [0.3, 0.4) is 0 Å². The van der Waals surface area contributed by atoms with Gasteiger partial charge in [-0.05, 0) is 95.9 Å². The molecular weight excluding hydrogens is 1300 g/mol. The van der Waals surface area contributed by atoms with E-state index in [1.807, 2.05) is 0 Å². The Morgan fingerprint density at radius 3 is 1.12 bits per heavy atom. The lowest BCUT2D eigenvalue weighted by molar-refractivity contribution is -0.146. The fraction of sp³-hybridized carbons (Fsp3) is 0.818. The molecule has 0 aromatic rings. The Morgan fingerprint density at radius 1 is 0.472 bits per heavy atom. The van der Waals surface area contributed by atoms with Crippen molar-refractivity contribution in [2.75, 3.05) is 74.8 Å². The molecule has 0 bridgehead atoms. The number of nitrogens with one attached hydrogen (secondary N) is 3. The molecule has 0 aliphatic carbocycles. The van der Waals surface area contributed by atoms with Crippen LogP contribution in [0.4, 0.5) is 19.2 Å². The second kappa shape index (κ2) is 36.5. The number of carboxylic acid groups (broad SMARTS) is 1. The van der Waals surface area contributed by atoms with Gasteiger partial charge in [-0.3, -0.25) is 29.2 Å². The van der Waals surface area contributed by atoms with Crippen molar-refractivity contribution in [3.63, 3.8) is 0 Å². The van der Waals surface area contributed by atoms with Crippen molar-refractivity contribution in [3.8, 4) is 0 Å². The average molecular weight is 1390 g/mol.